The average Bonchev–Trinajstić information content (AvgIpc) is 2.37. The fraction of sp³-hybridized carbons (Fsp3) is 0.385. The SMILES string of the molecule is CCCCCC(=O)OOc1ccc(C#N)cc1. The quantitative estimate of drug-likeness (QED) is 0.430. The van der Waals surface area contributed by atoms with E-state index in [0.717, 1.165) is 19.3 Å². The molecule has 1 aromatic carbocycles. The Balaban J connectivity index is 2.30. The highest BCUT2D eigenvalue weighted by molar-refractivity contribution is 5.68. The topological polar surface area (TPSA) is 59.3 Å². The molecule has 0 aliphatic rings. The van der Waals surface area contributed by atoms with Gasteiger partial charge in [0.15, 0.2) is 5.75 Å². The number of nitriles is 1. The monoisotopic (exact) mass is 233 g/mol. The van der Waals surface area contributed by atoms with Crippen molar-refractivity contribution in [3.63, 3.8) is 0 Å². The lowest BCUT2D eigenvalue weighted by molar-refractivity contribution is -0.213. The van der Waals surface area contributed by atoms with Crippen molar-refractivity contribution >= 4 is 5.97 Å². The molecule has 4 nitrogen and oxygen atoms in total. The summed E-state index contributed by atoms with van der Waals surface area (Å²) in [4.78, 5) is 20.7. The minimum Gasteiger partial charge on any atom is -0.287 e. The van der Waals surface area contributed by atoms with Crippen molar-refractivity contribution in [2.24, 2.45) is 0 Å². The van der Waals surface area contributed by atoms with Crippen LogP contribution >= 0.6 is 0 Å². The second kappa shape index (κ2) is 7.29. The molecule has 0 fully saturated rings. The maximum atomic E-state index is 11.2. The maximum Gasteiger partial charge on any atom is 0.355 e. The predicted molar refractivity (Wildman–Crippen MR) is 62.0 cm³/mol. The van der Waals surface area contributed by atoms with Crippen LogP contribution in [-0.4, -0.2) is 5.97 Å². The molecule has 0 bridgehead atoms. The zero-order valence-electron chi connectivity index (χ0n) is 9.81. The molecule has 17 heavy (non-hydrogen) atoms. The van der Waals surface area contributed by atoms with Crippen LogP contribution in [0.2, 0.25) is 0 Å². The van der Waals surface area contributed by atoms with Gasteiger partial charge in [-0.3, -0.25) is 9.78 Å². The van der Waals surface area contributed by atoms with Crippen LogP contribution in [0.25, 0.3) is 0 Å². The number of rotatable bonds is 6. The molecule has 0 atom stereocenters. The minimum atomic E-state index is -0.372. The van der Waals surface area contributed by atoms with E-state index in [1.807, 2.05) is 6.07 Å². The summed E-state index contributed by atoms with van der Waals surface area (Å²) in [5, 5.41) is 8.59. The smallest absolute Gasteiger partial charge is 0.287 e. The zero-order valence-corrected chi connectivity index (χ0v) is 9.81. The van der Waals surface area contributed by atoms with E-state index in [0.29, 0.717) is 17.7 Å². The van der Waals surface area contributed by atoms with Gasteiger partial charge < -0.3 is 0 Å². The first-order valence-corrected chi connectivity index (χ1v) is 5.63. The second-order valence-electron chi connectivity index (χ2n) is 3.63. The molecule has 1 aromatic rings. The van der Waals surface area contributed by atoms with E-state index in [1.165, 1.54) is 0 Å². The van der Waals surface area contributed by atoms with E-state index in [4.69, 9.17) is 10.1 Å². The van der Waals surface area contributed by atoms with Crippen LogP contribution < -0.4 is 4.89 Å². The van der Waals surface area contributed by atoms with Gasteiger partial charge in [0, 0.05) is 0 Å². The summed E-state index contributed by atoms with van der Waals surface area (Å²) < 4.78 is 0. The first-order valence-electron chi connectivity index (χ1n) is 5.63. The molecule has 0 aromatic heterocycles. The zero-order chi connectivity index (χ0) is 12.5. The third-order valence-electron chi connectivity index (χ3n) is 2.20. The molecule has 0 spiro atoms. The molecule has 0 heterocycles. The van der Waals surface area contributed by atoms with Gasteiger partial charge >= 0.3 is 5.97 Å². The van der Waals surface area contributed by atoms with E-state index in [-0.39, 0.29) is 5.97 Å². The van der Waals surface area contributed by atoms with Crippen molar-refractivity contribution in [3.05, 3.63) is 29.8 Å². The molecule has 0 saturated heterocycles. The van der Waals surface area contributed by atoms with Crippen LogP contribution in [-0.2, 0) is 9.68 Å². The lowest BCUT2D eigenvalue weighted by Crippen LogP contribution is -2.07. The molecule has 1 rings (SSSR count). The van der Waals surface area contributed by atoms with E-state index in [2.05, 4.69) is 11.8 Å². The van der Waals surface area contributed by atoms with Crippen molar-refractivity contribution in [2.45, 2.75) is 32.6 Å². The number of nitrogens with zero attached hydrogens (tertiary/aromatic N) is 1. The number of carbonyl (C=O) groups excluding carboxylic acids is 1. The normalized spacial score (nSPS) is 9.41. The van der Waals surface area contributed by atoms with Crippen molar-refractivity contribution in [1.82, 2.24) is 0 Å². The van der Waals surface area contributed by atoms with Crippen LogP contribution in [0.1, 0.15) is 38.2 Å². The molecule has 0 N–H and O–H groups in total. The molecule has 0 aliphatic heterocycles. The van der Waals surface area contributed by atoms with E-state index in [9.17, 15) is 4.79 Å². The molecule has 0 unspecified atom stereocenters. The third-order valence-corrected chi connectivity index (χ3v) is 2.20. The first-order chi connectivity index (χ1) is 8.26. The maximum absolute atomic E-state index is 11.2. The Bertz CT molecular complexity index is 392. The van der Waals surface area contributed by atoms with Gasteiger partial charge in [-0.1, -0.05) is 19.8 Å². The van der Waals surface area contributed by atoms with Gasteiger partial charge in [0.1, 0.15) is 0 Å². The summed E-state index contributed by atoms with van der Waals surface area (Å²) in [5.74, 6) is 0.0376. The number of benzene rings is 1. The lowest BCUT2D eigenvalue weighted by atomic mass is 10.2. The fourth-order valence-corrected chi connectivity index (χ4v) is 1.24. The van der Waals surface area contributed by atoms with E-state index in [1.54, 1.807) is 24.3 Å². The summed E-state index contributed by atoms with van der Waals surface area (Å²) in [6, 6.07) is 8.35. The van der Waals surface area contributed by atoms with Gasteiger partial charge in [-0.25, -0.2) is 4.79 Å². The summed E-state index contributed by atoms with van der Waals surface area (Å²) in [6.45, 7) is 2.07. The van der Waals surface area contributed by atoms with Gasteiger partial charge in [-0.2, -0.15) is 5.26 Å². The van der Waals surface area contributed by atoms with Gasteiger partial charge in [0.2, 0.25) is 0 Å². The molecule has 0 radical (unpaired) electrons. The first kappa shape index (κ1) is 13.0. The number of hydrogen-bond acceptors (Lipinski definition) is 4. The molecule has 0 aliphatic carbocycles. The second-order valence-corrected chi connectivity index (χ2v) is 3.63. The highest BCUT2D eigenvalue weighted by Crippen LogP contribution is 2.12. The van der Waals surface area contributed by atoms with Gasteiger partial charge in [0.25, 0.3) is 0 Å². The largest absolute Gasteiger partial charge is 0.355 e. The van der Waals surface area contributed by atoms with Crippen molar-refractivity contribution < 1.29 is 14.6 Å². The Morgan fingerprint density at radius 3 is 2.59 bits per heavy atom. The van der Waals surface area contributed by atoms with E-state index < -0.39 is 0 Å². The summed E-state index contributed by atoms with van der Waals surface area (Å²) in [6.07, 6.45) is 3.24. The Morgan fingerprint density at radius 2 is 2.00 bits per heavy atom. The Hall–Kier alpha value is -2.02. The molecule has 4 heteroatoms. The number of carbonyl (C=O) groups is 1. The van der Waals surface area contributed by atoms with Crippen LogP contribution in [0.3, 0.4) is 0 Å². The highest BCUT2D eigenvalue weighted by atomic mass is 17.2. The van der Waals surface area contributed by atoms with Crippen LogP contribution in [0, 0.1) is 11.3 Å². The Labute approximate surface area is 101 Å². The number of hydrogen-bond donors (Lipinski definition) is 0. The third kappa shape index (κ3) is 5.03. The predicted octanol–water partition coefficient (Wildman–Crippen LogP) is 2.98. The fourth-order valence-electron chi connectivity index (χ4n) is 1.24. The molecule has 0 amide bonds. The van der Waals surface area contributed by atoms with Crippen LogP contribution in [0.4, 0.5) is 0 Å². The molecular weight excluding hydrogens is 218 g/mol. The summed E-state index contributed by atoms with van der Waals surface area (Å²) >= 11 is 0. The van der Waals surface area contributed by atoms with Gasteiger partial charge in [-0.05, 0) is 30.7 Å². The van der Waals surface area contributed by atoms with Crippen molar-refractivity contribution in [3.8, 4) is 11.8 Å². The molecular formula is C13H15NO3. The Kier molecular flexibility index (Phi) is 5.59. The minimum absolute atomic E-state index is 0.365. The lowest BCUT2D eigenvalue weighted by Gasteiger charge is -2.03. The van der Waals surface area contributed by atoms with Crippen LogP contribution in [0.15, 0.2) is 24.3 Å². The van der Waals surface area contributed by atoms with Crippen molar-refractivity contribution in [1.29, 1.82) is 5.26 Å². The van der Waals surface area contributed by atoms with E-state index >= 15 is 0 Å². The Morgan fingerprint density at radius 1 is 1.29 bits per heavy atom. The van der Waals surface area contributed by atoms with Gasteiger partial charge in [0.05, 0.1) is 18.1 Å². The summed E-state index contributed by atoms with van der Waals surface area (Å²) in [5.41, 5.74) is 0.534. The molecule has 90 valence electrons. The van der Waals surface area contributed by atoms with Crippen molar-refractivity contribution in [2.75, 3.05) is 0 Å². The number of unbranched alkanes of at least 4 members (excludes halogenated alkanes) is 2. The highest BCUT2D eigenvalue weighted by Gasteiger charge is 2.04. The van der Waals surface area contributed by atoms with Gasteiger partial charge in [-0.15, -0.1) is 0 Å². The van der Waals surface area contributed by atoms with Crippen LogP contribution in [0.5, 0.6) is 5.75 Å². The molecule has 0 saturated carbocycles. The average molecular weight is 233 g/mol. The summed E-state index contributed by atoms with van der Waals surface area (Å²) in [7, 11) is 0. The standard InChI is InChI=1S/C13H15NO3/c1-2-3-4-5-13(15)17-16-12-8-6-11(10-14)7-9-12/h6-9H,2-5H2,1H3.